The van der Waals surface area contributed by atoms with Crippen LogP contribution in [-0.4, -0.2) is 28.3 Å². The minimum Gasteiger partial charge on any atom is -0.461 e. The van der Waals surface area contributed by atoms with Crippen LogP contribution < -0.4 is 0 Å². The standard InChI is InChI=1S/C14H24O3Si/c1-6-13(16-11-15-2)14(17-18(3,4)5)12-9-7-8-10-12/h9,14H,1,7-8,10-11H2,2-5H3. The summed E-state index contributed by atoms with van der Waals surface area (Å²) in [7, 11) is -0.0552. The Balaban J connectivity index is 2.85. The Labute approximate surface area is 111 Å². The lowest BCUT2D eigenvalue weighted by Crippen LogP contribution is -2.34. The van der Waals surface area contributed by atoms with Gasteiger partial charge in [-0.3, -0.25) is 0 Å². The molecule has 1 aliphatic carbocycles. The maximum absolute atomic E-state index is 6.22. The topological polar surface area (TPSA) is 27.7 Å². The van der Waals surface area contributed by atoms with Gasteiger partial charge in [0.2, 0.25) is 0 Å². The summed E-state index contributed by atoms with van der Waals surface area (Å²) in [6.45, 7) is 10.4. The predicted octanol–water partition coefficient (Wildman–Crippen LogP) is 3.61. The molecule has 0 aromatic heterocycles. The molecule has 3 nitrogen and oxygen atoms in total. The van der Waals surface area contributed by atoms with Gasteiger partial charge in [0.05, 0.1) is 0 Å². The van der Waals surface area contributed by atoms with Crippen molar-refractivity contribution in [3.63, 3.8) is 0 Å². The lowest BCUT2D eigenvalue weighted by Gasteiger charge is -2.28. The fraction of sp³-hybridized carbons (Fsp3) is 0.643. The zero-order chi connectivity index (χ0) is 13.6. The minimum atomic E-state index is -1.66. The normalized spacial score (nSPS) is 17.0. The summed E-state index contributed by atoms with van der Waals surface area (Å²) < 4.78 is 16.7. The second kappa shape index (κ2) is 6.95. The van der Waals surface area contributed by atoms with Crippen molar-refractivity contribution >= 4 is 8.32 Å². The molecular formula is C14H24O3Si. The molecule has 0 aromatic carbocycles. The number of hydrogen-bond acceptors (Lipinski definition) is 3. The highest BCUT2D eigenvalue weighted by Gasteiger charge is 2.29. The van der Waals surface area contributed by atoms with Crippen molar-refractivity contribution in [3.8, 4) is 0 Å². The summed E-state index contributed by atoms with van der Waals surface area (Å²) in [6, 6.07) is 0. The second-order valence-corrected chi connectivity index (χ2v) is 9.83. The molecule has 1 unspecified atom stereocenters. The van der Waals surface area contributed by atoms with Crippen molar-refractivity contribution < 1.29 is 13.9 Å². The molecule has 1 atom stereocenters. The number of allylic oxidation sites excluding steroid dienone is 1. The zero-order valence-electron chi connectivity index (χ0n) is 11.9. The van der Waals surface area contributed by atoms with Gasteiger partial charge in [-0.25, -0.2) is 0 Å². The maximum atomic E-state index is 6.22. The van der Waals surface area contributed by atoms with E-state index in [4.69, 9.17) is 13.9 Å². The van der Waals surface area contributed by atoms with Gasteiger partial charge in [0.1, 0.15) is 6.10 Å². The van der Waals surface area contributed by atoms with E-state index >= 15 is 0 Å². The van der Waals surface area contributed by atoms with Gasteiger partial charge in [-0.2, -0.15) is 0 Å². The lowest BCUT2D eigenvalue weighted by atomic mass is 10.1. The smallest absolute Gasteiger partial charge is 0.189 e. The lowest BCUT2D eigenvalue weighted by molar-refractivity contribution is -0.0117. The summed E-state index contributed by atoms with van der Waals surface area (Å²) in [4.78, 5) is 0. The molecule has 0 N–H and O–H groups in total. The van der Waals surface area contributed by atoms with Crippen molar-refractivity contribution in [2.45, 2.75) is 45.0 Å². The average molecular weight is 268 g/mol. The monoisotopic (exact) mass is 268 g/mol. The molecule has 0 radical (unpaired) electrons. The molecule has 0 fully saturated rings. The zero-order valence-corrected chi connectivity index (χ0v) is 12.9. The molecule has 0 aliphatic heterocycles. The number of rotatable bonds is 7. The molecule has 18 heavy (non-hydrogen) atoms. The molecular weight excluding hydrogens is 244 g/mol. The van der Waals surface area contributed by atoms with Gasteiger partial charge in [-0.15, -0.1) is 0 Å². The third-order valence-electron chi connectivity index (χ3n) is 2.63. The number of ether oxygens (including phenoxy) is 2. The van der Waals surface area contributed by atoms with Crippen molar-refractivity contribution in [1.82, 2.24) is 0 Å². The highest BCUT2D eigenvalue weighted by Crippen LogP contribution is 2.29. The third-order valence-corrected chi connectivity index (χ3v) is 3.57. The summed E-state index contributed by atoms with van der Waals surface area (Å²) >= 11 is 0. The fourth-order valence-corrected chi connectivity index (χ4v) is 2.89. The van der Waals surface area contributed by atoms with Crippen LogP contribution >= 0.6 is 0 Å². The van der Waals surface area contributed by atoms with E-state index in [9.17, 15) is 0 Å². The molecule has 102 valence electrons. The molecule has 0 amide bonds. The molecule has 0 saturated heterocycles. The van der Waals surface area contributed by atoms with Gasteiger partial charge in [-0.05, 0) is 44.5 Å². The van der Waals surface area contributed by atoms with E-state index in [-0.39, 0.29) is 12.9 Å². The van der Waals surface area contributed by atoms with Crippen LogP contribution in [0.2, 0.25) is 19.6 Å². The van der Waals surface area contributed by atoms with Gasteiger partial charge in [0.15, 0.2) is 20.9 Å². The van der Waals surface area contributed by atoms with Crippen molar-refractivity contribution in [1.29, 1.82) is 0 Å². The Bertz CT molecular complexity index is 349. The van der Waals surface area contributed by atoms with Gasteiger partial charge in [0, 0.05) is 7.11 Å². The molecule has 1 aliphatic rings. The van der Waals surface area contributed by atoms with Gasteiger partial charge in [0.25, 0.3) is 0 Å². The van der Waals surface area contributed by atoms with Crippen LogP contribution in [0.4, 0.5) is 0 Å². The van der Waals surface area contributed by atoms with Crippen LogP contribution in [0.15, 0.2) is 29.7 Å². The molecule has 0 saturated carbocycles. The summed E-state index contributed by atoms with van der Waals surface area (Å²) in [5, 5.41) is 0. The first-order valence-corrected chi connectivity index (χ1v) is 9.77. The quantitative estimate of drug-likeness (QED) is 0.232. The SMILES string of the molecule is C=C=C(OCOC)C(O[Si](C)(C)C)C1=CCCC1. The largest absolute Gasteiger partial charge is 0.461 e. The Morgan fingerprint density at radius 2 is 2.22 bits per heavy atom. The Hall–Kier alpha value is -0.803. The van der Waals surface area contributed by atoms with Crippen molar-refractivity contribution in [2.75, 3.05) is 13.9 Å². The van der Waals surface area contributed by atoms with E-state index in [2.05, 4.69) is 38.0 Å². The minimum absolute atomic E-state index is 0.133. The van der Waals surface area contributed by atoms with Crippen LogP contribution in [0.1, 0.15) is 19.3 Å². The highest BCUT2D eigenvalue weighted by atomic mass is 28.4. The van der Waals surface area contributed by atoms with Gasteiger partial charge >= 0.3 is 0 Å². The van der Waals surface area contributed by atoms with Crippen LogP contribution in [-0.2, 0) is 13.9 Å². The molecule has 0 heterocycles. The van der Waals surface area contributed by atoms with E-state index in [1.54, 1.807) is 7.11 Å². The highest BCUT2D eigenvalue weighted by molar-refractivity contribution is 6.69. The molecule has 0 bridgehead atoms. The second-order valence-electron chi connectivity index (χ2n) is 5.37. The van der Waals surface area contributed by atoms with Crippen LogP contribution in [0.3, 0.4) is 0 Å². The maximum Gasteiger partial charge on any atom is 0.189 e. The summed E-state index contributed by atoms with van der Waals surface area (Å²) in [6.07, 6.45) is 5.49. The van der Waals surface area contributed by atoms with E-state index < -0.39 is 8.32 Å². The molecule has 1 rings (SSSR count). The number of hydrogen-bond donors (Lipinski definition) is 0. The van der Waals surface area contributed by atoms with Crippen LogP contribution in [0.25, 0.3) is 0 Å². The van der Waals surface area contributed by atoms with Crippen LogP contribution in [0.5, 0.6) is 0 Å². The predicted molar refractivity (Wildman–Crippen MR) is 75.8 cm³/mol. The first-order chi connectivity index (χ1) is 8.48. The molecule has 0 aromatic rings. The van der Waals surface area contributed by atoms with E-state index in [1.807, 2.05) is 0 Å². The first-order valence-electron chi connectivity index (χ1n) is 6.36. The Morgan fingerprint density at radius 3 is 2.67 bits per heavy atom. The van der Waals surface area contributed by atoms with Crippen molar-refractivity contribution in [3.05, 3.63) is 29.7 Å². The Kier molecular flexibility index (Phi) is 5.89. The molecule has 4 heteroatoms. The fourth-order valence-electron chi connectivity index (χ4n) is 1.93. The summed E-state index contributed by atoms with van der Waals surface area (Å²) in [5.41, 5.74) is 4.15. The first kappa shape index (κ1) is 15.3. The Morgan fingerprint density at radius 1 is 1.50 bits per heavy atom. The summed E-state index contributed by atoms with van der Waals surface area (Å²) in [5.74, 6) is 0.646. The number of methoxy groups -OCH3 is 1. The third kappa shape index (κ3) is 4.82. The average Bonchev–Trinajstić information content (AvgIpc) is 2.80. The van der Waals surface area contributed by atoms with E-state index in [0.717, 1.165) is 12.8 Å². The molecule has 0 spiro atoms. The van der Waals surface area contributed by atoms with E-state index in [1.165, 1.54) is 12.0 Å². The van der Waals surface area contributed by atoms with Crippen molar-refractivity contribution in [2.24, 2.45) is 0 Å². The van der Waals surface area contributed by atoms with Gasteiger partial charge < -0.3 is 13.9 Å². The van der Waals surface area contributed by atoms with E-state index in [0.29, 0.717) is 5.76 Å². The van der Waals surface area contributed by atoms with Crippen LogP contribution in [0, 0.1) is 0 Å². The van der Waals surface area contributed by atoms with Gasteiger partial charge in [-0.1, -0.05) is 18.4 Å².